The van der Waals surface area contributed by atoms with E-state index in [1.165, 1.54) is 11.3 Å². The van der Waals surface area contributed by atoms with E-state index in [4.69, 9.17) is 20.9 Å². The fourth-order valence-corrected chi connectivity index (χ4v) is 4.14. The van der Waals surface area contributed by atoms with Gasteiger partial charge in [0, 0.05) is 11.8 Å². The lowest BCUT2D eigenvalue weighted by Gasteiger charge is -2.08. The van der Waals surface area contributed by atoms with Crippen molar-refractivity contribution in [3.05, 3.63) is 49.6 Å². The van der Waals surface area contributed by atoms with Crippen LogP contribution >= 0.6 is 34.3 Å². The Kier molecular flexibility index (Phi) is 4.80. The van der Waals surface area contributed by atoms with Gasteiger partial charge in [-0.3, -0.25) is 4.79 Å². The predicted octanol–water partition coefficient (Wildman–Crippen LogP) is 4.24. The number of hydrogen-bond donors (Lipinski definition) is 1. The molecule has 1 aliphatic heterocycles. The summed E-state index contributed by atoms with van der Waals surface area (Å²) in [5, 5.41) is 9.74. The van der Waals surface area contributed by atoms with E-state index in [9.17, 15) is 4.79 Å². The van der Waals surface area contributed by atoms with E-state index in [1.54, 1.807) is 17.4 Å². The number of amides is 1. The van der Waals surface area contributed by atoms with Crippen molar-refractivity contribution in [1.29, 1.82) is 0 Å². The lowest BCUT2D eigenvalue weighted by atomic mass is 10.1. The molecule has 0 radical (unpaired) electrons. The number of aromatic nitrogens is 1. The Bertz CT molecular complexity index is 975. The average Bonchev–Trinajstić information content (AvgIpc) is 3.39. The number of carbonyl (C=O) groups is 1. The minimum absolute atomic E-state index is 0.228. The fourth-order valence-electron chi connectivity index (χ4n) is 2.51. The number of carbonyl (C=O) groups excluding carboxylic acids is 1. The van der Waals surface area contributed by atoms with E-state index in [0.717, 1.165) is 21.3 Å². The normalized spacial score (nSPS) is 16.4. The van der Waals surface area contributed by atoms with Crippen molar-refractivity contribution >= 4 is 45.9 Å². The van der Waals surface area contributed by atoms with E-state index in [-0.39, 0.29) is 12.5 Å². The lowest BCUT2D eigenvalue weighted by molar-refractivity contribution is -0.131. The molecule has 6 nitrogen and oxygen atoms in total. The van der Waals surface area contributed by atoms with Crippen LogP contribution in [0.2, 0.25) is 4.34 Å². The van der Waals surface area contributed by atoms with Crippen molar-refractivity contribution in [2.24, 2.45) is 5.16 Å². The van der Waals surface area contributed by atoms with Crippen LogP contribution in [0.3, 0.4) is 0 Å². The first-order valence-electron chi connectivity index (χ1n) is 7.86. The van der Waals surface area contributed by atoms with Crippen LogP contribution in [-0.2, 0) is 16.2 Å². The van der Waals surface area contributed by atoms with E-state index in [2.05, 4.69) is 15.5 Å². The largest absolute Gasteiger partial charge is 0.458 e. The zero-order chi connectivity index (χ0) is 18.1. The van der Waals surface area contributed by atoms with Gasteiger partial charge in [-0.25, -0.2) is 4.98 Å². The molecule has 4 heterocycles. The number of aryl methyl sites for hydroxylation is 1. The lowest BCUT2D eigenvalue weighted by Crippen LogP contribution is -2.34. The molecular formula is C17H14ClN3O3S2. The average molecular weight is 408 g/mol. The molecule has 0 unspecified atom stereocenters. The Hall–Kier alpha value is -2.16. The maximum atomic E-state index is 12.3. The molecule has 0 bridgehead atoms. The number of rotatable bonds is 5. The molecule has 3 aromatic heterocycles. The zero-order valence-electron chi connectivity index (χ0n) is 13.7. The number of thiazole rings is 1. The second-order valence-electron chi connectivity index (χ2n) is 5.68. The van der Waals surface area contributed by atoms with Gasteiger partial charge in [0.05, 0.1) is 20.8 Å². The molecular weight excluding hydrogens is 394 g/mol. The molecule has 0 saturated carbocycles. The summed E-state index contributed by atoms with van der Waals surface area (Å²) in [6.45, 7) is 2.22. The SMILES string of the molecule is Cc1nc(-c2ccc(CNC(=O)[C@@H]3CC(c4ccc(Cl)s4)=NO3)o2)cs1. The van der Waals surface area contributed by atoms with Gasteiger partial charge in [0.15, 0.2) is 5.76 Å². The van der Waals surface area contributed by atoms with Crippen molar-refractivity contribution in [3.8, 4) is 11.5 Å². The first kappa shape index (κ1) is 17.3. The highest BCUT2D eigenvalue weighted by atomic mass is 35.5. The van der Waals surface area contributed by atoms with E-state index < -0.39 is 6.10 Å². The van der Waals surface area contributed by atoms with Gasteiger partial charge < -0.3 is 14.6 Å². The molecule has 0 spiro atoms. The Labute approximate surface area is 162 Å². The summed E-state index contributed by atoms with van der Waals surface area (Å²) in [4.78, 5) is 22.9. The summed E-state index contributed by atoms with van der Waals surface area (Å²) >= 11 is 8.91. The fraction of sp³-hybridized carbons (Fsp3) is 0.235. The van der Waals surface area contributed by atoms with Crippen LogP contribution < -0.4 is 5.32 Å². The molecule has 0 aromatic carbocycles. The van der Waals surface area contributed by atoms with Gasteiger partial charge in [-0.05, 0) is 31.2 Å². The second-order valence-corrected chi connectivity index (χ2v) is 8.45. The van der Waals surface area contributed by atoms with E-state index in [1.807, 2.05) is 30.5 Å². The first-order chi connectivity index (χ1) is 12.6. The first-order valence-corrected chi connectivity index (χ1v) is 9.93. The second kappa shape index (κ2) is 7.22. The van der Waals surface area contributed by atoms with Crippen LogP contribution in [0, 0.1) is 6.92 Å². The number of hydrogen-bond acceptors (Lipinski definition) is 7. The monoisotopic (exact) mass is 407 g/mol. The van der Waals surface area contributed by atoms with Crippen molar-refractivity contribution in [1.82, 2.24) is 10.3 Å². The third-order valence-electron chi connectivity index (χ3n) is 3.79. The predicted molar refractivity (Wildman–Crippen MR) is 102 cm³/mol. The Balaban J connectivity index is 1.32. The van der Waals surface area contributed by atoms with Crippen LogP contribution in [-0.4, -0.2) is 22.7 Å². The molecule has 4 rings (SSSR count). The van der Waals surface area contributed by atoms with Crippen LogP contribution in [0.1, 0.15) is 22.1 Å². The van der Waals surface area contributed by atoms with Crippen molar-refractivity contribution in [3.63, 3.8) is 0 Å². The van der Waals surface area contributed by atoms with Gasteiger partial charge in [-0.15, -0.1) is 22.7 Å². The van der Waals surface area contributed by atoms with Gasteiger partial charge in [0.25, 0.3) is 5.91 Å². The summed E-state index contributed by atoms with van der Waals surface area (Å²) in [7, 11) is 0. The molecule has 1 atom stereocenters. The molecule has 1 amide bonds. The Morgan fingerprint density at radius 1 is 1.38 bits per heavy atom. The molecule has 1 N–H and O–H groups in total. The van der Waals surface area contributed by atoms with Crippen molar-refractivity contribution in [2.75, 3.05) is 0 Å². The van der Waals surface area contributed by atoms with Crippen LogP contribution in [0.15, 0.2) is 39.2 Å². The van der Waals surface area contributed by atoms with E-state index in [0.29, 0.717) is 22.3 Å². The molecule has 9 heteroatoms. The number of furan rings is 1. The molecule has 3 aromatic rings. The molecule has 0 aliphatic carbocycles. The molecule has 134 valence electrons. The molecule has 0 saturated heterocycles. The van der Waals surface area contributed by atoms with Gasteiger partial charge in [0.2, 0.25) is 6.10 Å². The topological polar surface area (TPSA) is 76.7 Å². The molecule has 0 fully saturated rings. The zero-order valence-corrected chi connectivity index (χ0v) is 16.1. The standard InChI is InChI=1S/C17H14ClN3O3S2/c1-9-20-12(8-25-9)13-3-2-10(23-13)7-19-17(22)14-6-11(21-24-14)15-4-5-16(18)26-15/h2-5,8,14H,6-7H2,1H3,(H,19,22)/t14-/m0/s1. The van der Waals surface area contributed by atoms with Gasteiger partial charge >= 0.3 is 0 Å². The summed E-state index contributed by atoms with van der Waals surface area (Å²) in [5.41, 5.74) is 1.54. The van der Waals surface area contributed by atoms with Gasteiger partial charge in [0.1, 0.15) is 17.2 Å². The minimum atomic E-state index is -0.638. The quantitative estimate of drug-likeness (QED) is 0.686. The highest BCUT2D eigenvalue weighted by molar-refractivity contribution is 7.18. The summed E-state index contributed by atoms with van der Waals surface area (Å²) in [6.07, 6.45) is -0.217. The Morgan fingerprint density at radius 2 is 2.27 bits per heavy atom. The van der Waals surface area contributed by atoms with E-state index >= 15 is 0 Å². The van der Waals surface area contributed by atoms with Crippen LogP contribution in [0.4, 0.5) is 0 Å². The summed E-state index contributed by atoms with van der Waals surface area (Å²) in [5.74, 6) is 1.12. The summed E-state index contributed by atoms with van der Waals surface area (Å²) < 4.78 is 6.42. The number of thiophene rings is 1. The molecule has 26 heavy (non-hydrogen) atoms. The number of nitrogens with one attached hydrogen (secondary N) is 1. The molecule has 1 aliphatic rings. The third-order valence-corrected chi connectivity index (χ3v) is 5.84. The maximum Gasteiger partial charge on any atom is 0.264 e. The highest BCUT2D eigenvalue weighted by Crippen LogP contribution is 2.27. The summed E-state index contributed by atoms with van der Waals surface area (Å²) in [6, 6.07) is 7.36. The van der Waals surface area contributed by atoms with Gasteiger partial charge in [-0.2, -0.15) is 0 Å². The number of nitrogens with zero attached hydrogens (tertiary/aromatic N) is 2. The Morgan fingerprint density at radius 3 is 3.00 bits per heavy atom. The maximum absolute atomic E-state index is 12.3. The third kappa shape index (κ3) is 3.67. The van der Waals surface area contributed by atoms with Crippen molar-refractivity contribution < 1.29 is 14.0 Å². The van der Waals surface area contributed by atoms with Crippen molar-refractivity contribution in [2.45, 2.75) is 26.0 Å². The smallest absolute Gasteiger partial charge is 0.264 e. The highest BCUT2D eigenvalue weighted by Gasteiger charge is 2.29. The van der Waals surface area contributed by atoms with Gasteiger partial charge in [-0.1, -0.05) is 16.8 Å². The number of halogens is 1. The number of oxime groups is 1. The van der Waals surface area contributed by atoms with Crippen LogP contribution in [0.5, 0.6) is 0 Å². The minimum Gasteiger partial charge on any atom is -0.458 e. The van der Waals surface area contributed by atoms with Crippen LogP contribution in [0.25, 0.3) is 11.5 Å².